The maximum Gasteiger partial charge on any atom is 0.326 e. The number of nitrogens with zero attached hydrogens (tertiary/aromatic N) is 3. The van der Waals surface area contributed by atoms with Crippen molar-refractivity contribution in [1.82, 2.24) is 14.7 Å². The first kappa shape index (κ1) is 25.0. The fourth-order valence-electron chi connectivity index (χ4n) is 6.39. The first-order valence-corrected chi connectivity index (χ1v) is 12.9. The zero-order valence-corrected chi connectivity index (χ0v) is 22.0. The van der Waals surface area contributed by atoms with Crippen molar-refractivity contribution in [2.45, 2.75) is 89.3 Å². The minimum absolute atomic E-state index is 0.0102. The Balaban J connectivity index is 1.58. The zero-order chi connectivity index (χ0) is 24.8. The normalized spacial score (nSPS) is 29.0. The fraction of sp³-hybridized carbons (Fsp3) is 0.714. The number of carbonyl (C=O) groups excluding carboxylic acids is 2. The summed E-state index contributed by atoms with van der Waals surface area (Å²) in [7, 11) is 4.35. The summed E-state index contributed by atoms with van der Waals surface area (Å²) in [6.45, 7) is 9.35. The number of urea groups is 1. The van der Waals surface area contributed by atoms with E-state index >= 15 is 0 Å². The highest BCUT2D eigenvalue weighted by atomic mass is 16.6. The van der Waals surface area contributed by atoms with Gasteiger partial charge in [0, 0.05) is 18.6 Å². The lowest BCUT2D eigenvalue weighted by Crippen LogP contribution is -2.57. The van der Waals surface area contributed by atoms with E-state index in [-0.39, 0.29) is 35.0 Å². The number of esters is 1. The van der Waals surface area contributed by atoms with Gasteiger partial charge in [-0.3, -0.25) is 9.69 Å². The van der Waals surface area contributed by atoms with Crippen LogP contribution < -0.4 is 0 Å². The largest absolute Gasteiger partial charge is 0.459 e. The molecule has 4 rings (SSSR count). The average molecular weight is 470 g/mol. The molecular formula is C28H43N3O3. The molecule has 0 atom stereocenters. The topological polar surface area (TPSA) is 53.1 Å². The lowest BCUT2D eigenvalue weighted by molar-refractivity contribution is -0.155. The minimum atomic E-state index is -0.553. The van der Waals surface area contributed by atoms with E-state index in [9.17, 15) is 9.59 Å². The van der Waals surface area contributed by atoms with Crippen molar-refractivity contribution < 1.29 is 14.3 Å². The third-order valence-electron chi connectivity index (χ3n) is 8.57. The van der Waals surface area contributed by atoms with Crippen LogP contribution in [-0.2, 0) is 15.1 Å². The van der Waals surface area contributed by atoms with Crippen LogP contribution in [0.1, 0.15) is 78.2 Å². The van der Waals surface area contributed by atoms with Crippen LogP contribution in [0.15, 0.2) is 30.3 Å². The predicted molar refractivity (Wildman–Crippen MR) is 134 cm³/mol. The van der Waals surface area contributed by atoms with Gasteiger partial charge in [0.25, 0.3) is 0 Å². The van der Waals surface area contributed by atoms with Gasteiger partial charge in [-0.15, -0.1) is 0 Å². The van der Waals surface area contributed by atoms with Crippen LogP contribution in [-0.4, -0.2) is 71.6 Å². The lowest BCUT2D eigenvalue weighted by atomic mass is 9.66. The molecule has 1 aliphatic heterocycles. The fourth-order valence-corrected chi connectivity index (χ4v) is 6.39. The Hall–Kier alpha value is -2.08. The van der Waals surface area contributed by atoms with Gasteiger partial charge >= 0.3 is 12.0 Å². The standard InChI is InChI=1S/C28H43N3O3/c1-25(2,3)34-23(32)19-30-21-27(31(24(30)33)20-26(4)13-10-14-26)15-17-28(18-16-27,29(5)6)22-11-8-7-9-12-22/h7-9,11-12H,10,13-21H2,1-6H3/t27-,28-. The Bertz CT molecular complexity index is 893. The second-order valence-electron chi connectivity index (χ2n) is 12.5. The van der Waals surface area contributed by atoms with Crippen LogP contribution in [0.3, 0.4) is 0 Å². The third kappa shape index (κ3) is 4.71. The molecule has 0 bridgehead atoms. The molecule has 0 radical (unpaired) electrons. The second kappa shape index (κ2) is 8.85. The van der Waals surface area contributed by atoms with Gasteiger partial charge < -0.3 is 14.5 Å². The molecule has 1 heterocycles. The molecule has 34 heavy (non-hydrogen) atoms. The molecule has 3 aliphatic rings. The summed E-state index contributed by atoms with van der Waals surface area (Å²) in [5.41, 5.74) is 0.747. The molecule has 6 heteroatoms. The summed E-state index contributed by atoms with van der Waals surface area (Å²) < 4.78 is 5.56. The molecule has 3 fully saturated rings. The first-order chi connectivity index (χ1) is 15.9. The number of ether oxygens (including phenoxy) is 1. The summed E-state index contributed by atoms with van der Waals surface area (Å²) in [4.78, 5) is 32.6. The van der Waals surface area contributed by atoms with Crippen molar-refractivity contribution in [2.24, 2.45) is 5.41 Å². The number of carbonyl (C=O) groups is 2. The highest BCUT2D eigenvalue weighted by Gasteiger charge is 2.56. The van der Waals surface area contributed by atoms with Crippen LogP contribution in [0.25, 0.3) is 0 Å². The first-order valence-electron chi connectivity index (χ1n) is 12.9. The maximum atomic E-state index is 13.7. The van der Waals surface area contributed by atoms with Crippen LogP contribution in [0.4, 0.5) is 4.79 Å². The summed E-state index contributed by atoms with van der Waals surface area (Å²) in [5, 5.41) is 0. The maximum absolute atomic E-state index is 13.7. The summed E-state index contributed by atoms with van der Waals surface area (Å²) in [6.07, 6.45) is 7.44. The SMILES string of the molecule is CN(C)[C@]1(c2ccccc2)CC[C@@]2(CC1)CN(CC(=O)OC(C)(C)C)C(=O)N2CC1(C)CCC1. The molecular weight excluding hydrogens is 426 g/mol. The van der Waals surface area contributed by atoms with Gasteiger partial charge in [-0.1, -0.05) is 43.7 Å². The summed E-state index contributed by atoms with van der Waals surface area (Å²) in [6, 6.07) is 10.8. The number of hydrogen-bond acceptors (Lipinski definition) is 4. The summed E-state index contributed by atoms with van der Waals surface area (Å²) in [5.74, 6) is -0.324. The van der Waals surface area contributed by atoms with E-state index < -0.39 is 5.60 Å². The molecule has 1 aromatic rings. The van der Waals surface area contributed by atoms with Crippen LogP contribution in [0, 0.1) is 5.41 Å². The number of amides is 2. The molecule has 1 spiro atoms. The van der Waals surface area contributed by atoms with Gasteiger partial charge in [-0.25, -0.2) is 4.79 Å². The molecule has 1 saturated heterocycles. The molecule has 2 amide bonds. The van der Waals surface area contributed by atoms with Crippen LogP contribution in [0.5, 0.6) is 0 Å². The molecule has 1 aromatic carbocycles. The molecule has 2 saturated carbocycles. The van der Waals surface area contributed by atoms with Crippen molar-refractivity contribution in [3.05, 3.63) is 35.9 Å². The van der Waals surface area contributed by atoms with Crippen molar-refractivity contribution in [1.29, 1.82) is 0 Å². The second-order valence-corrected chi connectivity index (χ2v) is 12.5. The highest BCUT2D eigenvalue weighted by Crippen LogP contribution is 2.51. The molecule has 6 nitrogen and oxygen atoms in total. The molecule has 0 aromatic heterocycles. The number of benzene rings is 1. The Kier molecular flexibility index (Phi) is 6.52. The van der Waals surface area contributed by atoms with Crippen molar-refractivity contribution >= 4 is 12.0 Å². The molecule has 188 valence electrons. The van der Waals surface area contributed by atoms with Gasteiger partial charge in [0.05, 0.1) is 5.54 Å². The van der Waals surface area contributed by atoms with Crippen molar-refractivity contribution in [3.8, 4) is 0 Å². The van der Waals surface area contributed by atoms with Gasteiger partial charge in [-0.2, -0.15) is 0 Å². The van der Waals surface area contributed by atoms with Crippen LogP contribution in [0.2, 0.25) is 0 Å². The van der Waals surface area contributed by atoms with Crippen molar-refractivity contribution in [2.75, 3.05) is 33.7 Å². The van der Waals surface area contributed by atoms with E-state index in [1.54, 1.807) is 4.90 Å². The predicted octanol–water partition coefficient (Wildman–Crippen LogP) is 5.03. The Morgan fingerprint density at radius 2 is 1.65 bits per heavy atom. The van der Waals surface area contributed by atoms with E-state index in [4.69, 9.17) is 4.74 Å². The van der Waals surface area contributed by atoms with Gasteiger partial charge in [-0.05, 0) is 84.4 Å². The van der Waals surface area contributed by atoms with E-state index in [2.05, 4.69) is 61.2 Å². The lowest BCUT2D eigenvalue weighted by Gasteiger charge is -2.53. The van der Waals surface area contributed by atoms with E-state index in [0.29, 0.717) is 6.54 Å². The van der Waals surface area contributed by atoms with E-state index in [1.165, 1.54) is 24.8 Å². The third-order valence-corrected chi connectivity index (χ3v) is 8.57. The number of rotatable bonds is 6. The average Bonchev–Trinajstić information content (AvgIpc) is 2.97. The highest BCUT2D eigenvalue weighted by molar-refractivity contribution is 5.83. The monoisotopic (exact) mass is 469 g/mol. The quantitative estimate of drug-likeness (QED) is 0.549. The van der Waals surface area contributed by atoms with Crippen LogP contribution >= 0.6 is 0 Å². The molecule has 0 unspecified atom stereocenters. The number of hydrogen-bond donors (Lipinski definition) is 0. The Morgan fingerprint density at radius 3 is 2.15 bits per heavy atom. The van der Waals surface area contributed by atoms with Gasteiger partial charge in [0.2, 0.25) is 0 Å². The molecule has 0 N–H and O–H groups in total. The van der Waals surface area contributed by atoms with Gasteiger partial charge in [0.15, 0.2) is 0 Å². The molecule has 2 aliphatic carbocycles. The Labute approximate surface area is 205 Å². The zero-order valence-electron chi connectivity index (χ0n) is 22.0. The minimum Gasteiger partial charge on any atom is -0.459 e. The van der Waals surface area contributed by atoms with Crippen molar-refractivity contribution in [3.63, 3.8) is 0 Å². The van der Waals surface area contributed by atoms with E-state index in [1.807, 2.05) is 20.8 Å². The van der Waals surface area contributed by atoms with Gasteiger partial charge in [0.1, 0.15) is 12.1 Å². The summed E-state index contributed by atoms with van der Waals surface area (Å²) >= 11 is 0. The van der Waals surface area contributed by atoms with E-state index in [0.717, 1.165) is 32.2 Å². The smallest absolute Gasteiger partial charge is 0.326 e. The Morgan fingerprint density at radius 1 is 1.03 bits per heavy atom.